The Morgan fingerprint density at radius 1 is 1.29 bits per heavy atom. The molecule has 3 rings (SSSR count). The summed E-state index contributed by atoms with van der Waals surface area (Å²) in [7, 11) is -3.69. The van der Waals surface area contributed by atoms with E-state index in [2.05, 4.69) is 4.90 Å². The molecule has 0 spiro atoms. The predicted octanol–water partition coefficient (Wildman–Crippen LogP) is 1.19. The fraction of sp³-hybridized carbons (Fsp3) is 0.571. The van der Waals surface area contributed by atoms with E-state index in [9.17, 15) is 12.8 Å². The van der Waals surface area contributed by atoms with E-state index in [1.54, 1.807) is 0 Å². The number of nitrogen functional groups attached to an aromatic ring is 1. The molecule has 21 heavy (non-hydrogen) atoms. The minimum absolute atomic E-state index is 0.00792. The van der Waals surface area contributed by atoms with Gasteiger partial charge in [0.2, 0.25) is 10.0 Å². The number of hydrogen-bond donors (Lipinski definition) is 1. The lowest BCUT2D eigenvalue weighted by molar-refractivity contribution is 0.158. The molecule has 0 aliphatic carbocycles. The highest BCUT2D eigenvalue weighted by molar-refractivity contribution is 7.89. The van der Waals surface area contributed by atoms with E-state index in [1.165, 1.54) is 17.3 Å². The van der Waals surface area contributed by atoms with Crippen LogP contribution in [0.15, 0.2) is 17.0 Å². The van der Waals surface area contributed by atoms with Crippen molar-refractivity contribution in [3.8, 4) is 0 Å². The molecule has 2 heterocycles. The van der Waals surface area contributed by atoms with Gasteiger partial charge in [0.15, 0.2) is 0 Å². The third kappa shape index (κ3) is 2.54. The third-order valence-electron chi connectivity index (χ3n) is 4.49. The van der Waals surface area contributed by atoms with Crippen molar-refractivity contribution in [3.05, 3.63) is 23.5 Å². The summed E-state index contributed by atoms with van der Waals surface area (Å²) in [6.07, 6.45) is 2.14. The molecule has 2 saturated heterocycles. The predicted molar refractivity (Wildman–Crippen MR) is 78.9 cm³/mol. The molecule has 116 valence electrons. The number of anilines is 1. The van der Waals surface area contributed by atoms with Crippen molar-refractivity contribution in [2.24, 2.45) is 0 Å². The molecule has 2 fully saturated rings. The molecule has 1 aromatic rings. The van der Waals surface area contributed by atoms with Crippen LogP contribution in [-0.2, 0) is 10.0 Å². The van der Waals surface area contributed by atoms with Crippen molar-refractivity contribution >= 4 is 15.7 Å². The first kappa shape index (κ1) is 14.7. The highest BCUT2D eigenvalue weighted by atomic mass is 32.2. The van der Waals surface area contributed by atoms with E-state index in [1.807, 2.05) is 0 Å². The molecule has 0 amide bonds. The normalized spacial score (nSPS) is 24.2. The Hall–Kier alpha value is -1.18. The van der Waals surface area contributed by atoms with Gasteiger partial charge in [-0.15, -0.1) is 0 Å². The highest BCUT2D eigenvalue weighted by Crippen LogP contribution is 2.29. The second-order valence-corrected chi connectivity index (χ2v) is 7.73. The monoisotopic (exact) mass is 313 g/mol. The summed E-state index contributed by atoms with van der Waals surface area (Å²) in [5.41, 5.74) is 5.88. The number of piperazine rings is 1. The number of sulfonamides is 1. The number of hydrogen-bond acceptors (Lipinski definition) is 4. The maximum atomic E-state index is 13.8. The van der Waals surface area contributed by atoms with Gasteiger partial charge in [0, 0.05) is 36.9 Å². The zero-order valence-corrected chi connectivity index (χ0v) is 12.9. The van der Waals surface area contributed by atoms with Crippen molar-refractivity contribution in [2.75, 3.05) is 31.9 Å². The zero-order valence-electron chi connectivity index (χ0n) is 12.0. The van der Waals surface area contributed by atoms with Crippen LogP contribution in [0, 0.1) is 12.7 Å². The van der Waals surface area contributed by atoms with Crippen LogP contribution >= 0.6 is 0 Å². The van der Waals surface area contributed by atoms with Crippen LogP contribution in [0.3, 0.4) is 0 Å². The Morgan fingerprint density at radius 2 is 2.05 bits per heavy atom. The fourth-order valence-electron chi connectivity index (χ4n) is 3.26. The molecule has 0 radical (unpaired) electrons. The molecule has 7 heteroatoms. The van der Waals surface area contributed by atoms with Gasteiger partial charge in [0.1, 0.15) is 5.82 Å². The summed E-state index contributed by atoms with van der Waals surface area (Å²) in [4.78, 5) is 2.32. The van der Waals surface area contributed by atoms with Crippen LogP contribution in [0.5, 0.6) is 0 Å². The first-order chi connectivity index (χ1) is 9.89. The molecule has 0 aromatic heterocycles. The van der Waals surface area contributed by atoms with Crippen molar-refractivity contribution < 1.29 is 12.8 Å². The lowest BCUT2D eigenvalue weighted by Crippen LogP contribution is -2.52. The Bertz CT molecular complexity index is 662. The second-order valence-electron chi connectivity index (χ2n) is 5.82. The van der Waals surface area contributed by atoms with Crippen molar-refractivity contribution in [3.63, 3.8) is 0 Å². The summed E-state index contributed by atoms with van der Waals surface area (Å²) in [5, 5.41) is 0. The highest BCUT2D eigenvalue weighted by Gasteiger charge is 2.37. The van der Waals surface area contributed by atoms with Crippen LogP contribution in [0.1, 0.15) is 18.4 Å². The smallest absolute Gasteiger partial charge is 0.243 e. The zero-order chi connectivity index (χ0) is 15.2. The summed E-state index contributed by atoms with van der Waals surface area (Å²) in [6, 6.07) is 2.80. The van der Waals surface area contributed by atoms with E-state index in [-0.39, 0.29) is 16.1 Å². The number of nitrogens with zero attached hydrogens (tertiary/aromatic N) is 2. The quantitative estimate of drug-likeness (QED) is 0.833. The van der Waals surface area contributed by atoms with Crippen LogP contribution in [0.2, 0.25) is 0 Å². The van der Waals surface area contributed by atoms with Gasteiger partial charge in [0.25, 0.3) is 0 Å². The van der Waals surface area contributed by atoms with Gasteiger partial charge in [-0.25, -0.2) is 12.8 Å². The van der Waals surface area contributed by atoms with E-state index in [0.717, 1.165) is 32.0 Å². The molecule has 2 aliphatic heterocycles. The Morgan fingerprint density at radius 3 is 2.81 bits per heavy atom. The van der Waals surface area contributed by atoms with Gasteiger partial charge >= 0.3 is 0 Å². The Labute approximate surface area is 124 Å². The van der Waals surface area contributed by atoms with Crippen LogP contribution in [0.4, 0.5) is 10.1 Å². The Kier molecular flexibility index (Phi) is 3.67. The molecule has 2 aliphatic rings. The molecule has 0 saturated carbocycles. The minimum atomic E-state index is -3.69. The fourth-order valence-corrected chi connectivity index (χ4v) is 5.00. The summed E-state index contributed by atoms with van der Waals surface area (Å²) >= 11 is 0. The standard InChI is InChI=1S/C14H20FN3O2S/c1-10-13(15)7-11(16)8-14(10)21(19,20)18-6-5-17-4-2-3-12(17)9-18/h7-8,12H,2-6,9,16H2,1H3. The number of halogens is 1. The molecule has 2 N–H and O–H groups in total. The van der Waals surface area contributed by atoms with Crippen molar-refractivity contribution in [1.82, 2.24) is 9.21 Å². The molecule has 1 atom stereocenters. The first-order valence-corrected chi connectivity index (χ1v) is 8.63. The van der Waals surface area contributed by atoms with Crippen molar-refractivity contribution in [1.29, 1.82) is 0 Å². The minimum Gasteiger partial charge on any atom is -0.399 e. The van der Waals surface area contributed by atoms with Crippen LogP contribution < -0.4 is 5.73 Å². The molecule has 5 nitrogen and oxygen atoms in total. The summed E-state index contributed by atoms with van der Waals surface area (Å²) in [6.45, 7) is 4.21. The number of benzene rings is 1. The maximum absolute atomic E-state index is 13.8. The lowest BCUT2D eigenvalue weighted by Gasteiger charge is -2.36. The van der Waals surface area contributed by atoms with E-state index in [0.29, 0.717) is 19.1 Å². The van der Waals surface area contributed by atoms with Crippen LogP contribution in [0.25, 0.3) is 0 Å². The van der Waals surface area contributed by atoms with E-state index < -0.39 is 15.8 Å². The van der Waals surface area contributed by atoms with E-state index >= 15 is 0 Å². The average molecular weight is 313 g/mol. The SMILES string of the molecule is Cc1c(F)cc(N)cc1S(=O)(=O)N1CCN2CCCC2C1. The summed E-state index contributed by atoms with van der Waals surface area (Å²) in [5.74, 6) is -0.576. The van der Waals surface area contributed by atoms with Gasteiger partial charge < -0.3 is 5.73 Å². The maximum Gasteiger partial charge on any atom is 0.243 e. The molecular weight excluding hydrogens is 293 g/mol. The van der Waals surface area contributed by atoms with Gasteiger partial charge in [-0.05, 0) is 38.4 Å². The molecular formula is C14H20FN3O2S. The summed E-state index contributed by atoms with van der Waals surface area (Å²) < 4.78 is 40.8. The average Bonchev–Trinajstić information content (AvgIpc) is 2.89. The van der Waals surface area contributed by atoms with Gasteiger partial charge in [-0.3, -0.25) is 4.90 Å². The topological polar surface area (TPSA) is 66.6 Å². The van der Waals surface area contributed by atoms with Gasteiger partial charge in [-0.2, -0.15) is 4.31 Å². The van der Waals surface area contributed by atoms with E-state index in [4.69, 9.17) is 5.73 Å². The second kappa shape index (κ2) is 5.23. The van der Waals surface area contributed by atoms with Crippen molar-refractivity contribution in [2.45, 2.75) is 30.7 Å². The molecule has 1 unspecified atom stereocenters. The largest absolute Gasteiger partial charge is 0.399 e. The Balaban J connectivity index is 1.94. The van der Waals surface area contributed by atoms with Crippen LogP contribution in [-0.4, -0.2) is 49.8 Å². The van der Waals surface area contributed by atoms with Gasteiger partial charge in [0.05, 0.1) is 4.90 Å². The third-order valence-corrected chi connectivity index (χ3v) is 6.48. The molecule has 1 aromatic carbocycles. The number of fused-ring (bicyclic) bond motifs is 1. The first-order valence-electron chi connectivity index (χ1n) is 7.19. The lowest BCUT2D eigenvalue weighted by atomic mass is 10.2. The number of rotatable bonds is 2. The molecule has 0 bridgehead atoms. The number of nitrogens with two attached hydrogens (primary N) is 1. The van der Waals surface area contributed by atoms with Gasteiger partial charge in [-0.1, -0.05) is 0 Å².